The maximum Gasteiger partial charge on any atom is 0.161 e. The van der Waals surface area contributed by atoms with Crippen LogP contribution in [-0.4, -0.2) is 69.9 Å². The van der Waals surface area contributed by atoms with Gasteiger partial charge in [-0.15, -0.1) is 0 Å². The zero-order valence-electron chi connectivity index (χ0n) is 7.07. The van der Waals surface area contributed by atoms with Crippen LogP contribution in [0.15, 0.2) is 18.2 Å². The number of aromatic hydroxyl groups is 1. The van der Waals surface area contributed by atoms with Crippen LogP contribution in [0.5, 0.6) is 11.5 Å². The third-order valence-electron chi connectivity index (χ3n) is 1.34. The van der Waals surface area contributed by atoms with E-state index >= 15 is 0 Å². The minimum Gasteiger partial charge on any atom is -0.504 e. The van der Waals surface area contributed by atoms with Crippen molar-refractivity contribution in [3.8, 4) is 11.5 Å². The summed E-state index contributed by atoms with van der Waals surface area (Å²) in [5, 5.41) is 9.09. The minimum atomic E-state index is 0. The third-order valence-corrected chi connectivity index (χ3v) is 1.34. The van der Waals surface area contributed by atoms with Gasteiger partial charge in [-0.05, 0) is 18.2 Å². The van der Waals surface area contributed by atoms with Crippen molar-refractivity contribution in [1.82, 2.24) is 0 Å². The molecule has 0 fully saturated rings. The van der Waals surface area contributed by atoms with Gasteiger partial charge in [-0.3, -0.25) is 4.79 Å². The smallest absolute Gasteiger partial charge is 0.161 e. The van der Waals surface area contributed by atoms with Gasteiger partial charge in [-0.25, -0.2) is 0 Å². The van der Waals surface area contributed by atoms with E-state index in [0.29, 0.717) is 17.6 Å². The first-order valence-electron chi connectivity index (χ1n) is 3.10. The average molecular weight is 191 g/mol. The van der Waals surface area contributed by atoms with Crippen LogP contribution in [0.2, 0.25) is 0 Å². The van der Waals surface area contributed by atoms with Crippen LogP contribution in [0.1, 0.15) is 10.4 Å². The number of carbonyl (C=O) groups excluding carboxylic acids is 1. The maximum atomic E-state index is 10.2. The molecule has 0 amide bonds. The topological polar surface area (TPSA) is 46.5 Å². The predicted octanol–water partition coefficient (Wildman–Crippen LogP) is 0.832. The van der Waals surface area contributed by atoms with Crippen molar-refractivity contribution in [3.05, 3.63) is 23.8 Å². The number of rotatable bonds is 2. The monoisotopic (exact) mass is 191 g/mol. The third kappa shape index (κ3) is 2.88. The number of methoxy groups -OCH3 is 1. The Balaban J connectivity index is 0.00000121. The molecule has 12 heavy (non-hydrogen) atoms. The van der Waals surface area contributed by atoms with Gasteiger partial charge < -0.3 is 9.84 Å². The number of carbonyl (C=O) groups is 1. The summed E-state index contributed by atoms with van der Waals surface area (Å²) < 4.78 is 4.78. The summed E-state index contributed by atoms with van der Waals surface area (Å²) in [6.07, 6.45) is 0.696. The molecule has 0 aliphatic heterocycles. The van der Waals surface area contributed by atoms with Crippen molar-refractivity contribution < 1.29 is 14.6 Å². The maximum absolute atomic E-state index is 10.2. The molecular formula is C8H8KO3. The Labute approximate surface area is 113 Å². The summed E-state index contributed by atoms with van der Waals surface area (Å²) in [4.78, 5) is 10.2. The second-order valence-electron chi connectivity index (χ2n) is 2.05. The largest absolute Gasteiger partial charge is 0.504 e. The molecular weight excluding hydrogens is 183 g/mol. The summed E-state index contributed by atoms with van der Waals surface area (Å²) in [5.74, 6) is 0.354. The second-order valence-corrected chi connectivity index (χ2v) is 2.05. The van der Waals surface area contributed by atoms with Crippen molar-refractivity contribution >= 4 is 57.7 Å². The van der Waals surface area contributed by atoms with Crippen molar-refractivity contribution in [2.75, 3.05) is 7.11 Å². The van der Waals surface area contributed by atoms with Crippen LogP contribution in [-0.2, 0) is 0 Å². The molecule has 0 unspecified atom stereocenters. The van der Waals surface area contributed by atoms with E-state index in [4.69, 9.17) is 9.84 Å². The Morgan fingerprint density at radius 2 is 2.17 bits per heavy atom. The number of phenolic OH excluding ortho intramolecular Hbond substituents is 1. The van der Waals surface area contributed by atoms with Gasteiger partial charge in [0.2, 0.25) is 0 Å². The molecule has 1 N–H and O–H groups in total. The van der Waals surface area contributed by atoms with Crippen LogP contribution < -0.4 is 4.74 Å². The fourth-order valence-electron chi connectivity index (χ4n) is 0.768. The summed E-state index contributed by atoms with van der Waals surface area (Å²) in [6.45, 7) is 0. The number of hydrogen-bond acceptors (Lipinski definition) is 3. The minimum absolute atomic E-state index is 0. The zero-order chi connectivity index (χ0) is 8.27. The molecule has 1 radical (unpaired) electrons. The van der Waals surface area contributed by atoms with Gasteiger partial charge in [-0.2, -0.15) is 0 Å². The van der Waals surface area contributed by atoms with Gasteiger partial charge >= 0.3 is 0 Å². The quantitative estimate of drug-likeness (QED) is 0.556. The molecule has 0 aromatic heterocycles. The number of ether oxygens (including phenoxy) is 1. The van der Waals surface area contributed by atoms with E-state index in [2.05, 4.69) is 0 Å². The summed E-state index contributed by atoms with van der Waals surface area (Å²) in [7, 11) is 1.43. The van der Waals surface area contributed by atoms with Gasteiger partial charge in [0, 0.05) is 56.9 Å². The van der Waals surface area contributed by atoms with E-state index in [0.717, 1.165) is 0 Å². The Hall–Kier alpha value is 0.126. The molecule has 0 saturated heterocycles. The molecule has 0 heterocycles. The molecule has 0 spiro atoms. The van der Waals surface area contributed by atoms with Crippen molar-refractivity contribution in [2.24, 2.45) is 0 Å². The first-order valence-corrected chi connectivity index (χ1v) is 3.10. The molecule has 1 aromatic rings. The SMILES string of the molecule is COc1cc(C=O)ccc1O.[K]. The fourth-order valence-corrected chi connectivity index (χ4v) is 0.768. The molecule has 0 aliphatic rings. The van der Waals surface area contributed by atoms with E-state index in [1.54, 1.807) is 0 Å². The van der Waals surface area contributed by atoms with E-state index in [-0.39, 0.29) is 57.1 Å². The number of benzene rings is 1. The second kappa shape index (κ2) is 5.72. The van der Waals surface area contributed by atoms with Crippen LogP contribution in [0.4, 0.5) is 0 Å². The average Bonchev–Trinajstić information content (AvgIpc) is 2.05. The molecule has 0 bridgehead atoms. The fraction of sp³-hybridized carbons (Fsp3) is 0.125. The molecule has 4 heteroatoms. The Morgan fingerprint density at radius 3 is 2.67 bits per heavy atom. The zero-order valence-corrected chi connectivity index (χ0v) is 10.2. The molecule has 0 atom stereocenters. The van der Waals surface area contributed by atoms with Crippen molar-refractivity contribution in [3.63, 3.8) is 0 Å². The standard InChI is InChI=1S/C8H8O3.K/c1-11-8-4-6(5-9)2-3-7(8)10;/h2-5,10H,1H3;. The molecule has 0 saturated carbocycles. The van der Waals surface area contributed by atoms with E-state index in [1.165, 1.54) is 25.3 Å². The Kier molecular flexibility index (Phi) is 5.78. The molecule has 1 aromatic carbocycles. The van der Waals surface area contributed by atoms with Crippen molar-refractivity contribution in [1.29, 1.82) is 0 Å². The first-order chi connectivity index (χ1) is 5.27. The molecule has 1 rings (SSSR count). The summed E-state index contributed by atoms with van der Waals surface area (Å²) >= 11 is 0. The van der Waals surface area contributed by atoms with Gasteiger partial charge in [0.1, 0.15) is 6.29 Å². The Bertz CT molecular complexity index is 273. The molecule has 3 nitrogen and oxygen atoms in total. The van der Waals surface area contributed by atoms with E-state index in [1.807, 2.05) is 0 Å². The van der Waals surface area contributed by atoms with Crippen LogP contribution in [0, 0.1) is 0 Å². The number of phenols is 1. The molecule has 59 valence electrons. The summed E-state index contributed by atoms with van der Waals surface area (Å²) in [5.41, 5.74) is 0.486. The van der Waals surface area contributed by atoms with Crippen molar-refractivity contribution in [2.45, 2.75) is 0 Å². The number of hydrogen-bond donors (Lipinski definition) is 1. The number of aldehydes is 1. The van der Waals surface area contributed by atoms with Gasteiger partial charge in [0.25, 0.3) is 0 Å². The summed E-state index contributed by atoms with van der Waals surface area (Å²) in [6, 6.07) is 4.41. The van der Waals surface area contributed by atoms with E-state index < -0.39 is 0 Å². The Morgan fingerprint density at radius 1 is 1.50 bits per heavy atom. The van der Waals surface area contributed by atoms with Crippen LogP contribution in [0.25, 0.3) is 0 Å². The van der Waals surface area contributed by atoms with Crippen LogP contribution in [0.3, 0.4) is 0 Å². The van der Waals surface area contributed by atoms with Gasteiger partial charge in [-0.1, -0.05) is 0 Å². The molecule has 0 aliphatic carbocycles. The normalized spacial score (nSPS) is 8.42. The van der Waals surface area contributed by atoms with Crippen LogP contribution >= 0.6 is 0 Å². The van der Waals surface area contributed by atoms with E-state index in [9.17, 15) is 4.79 Å². The predicted molar refractivity (Wildman–Crippen MR) is 45.8 cm³/mol. The van der Waals surface area contributed by atoms with Gasteiger partial charge in [0.15, 0.2) is 11.5 Å². The first kappa shape index (κ1) is 12.1. The van der Waals surface area contributed by atoms with Gasteiger partial charge in [0.05, 0.1) is 7.11 Å².